The van der Waals surface area contributed by atoms with Crippen LogP contribution in [0, 0.1) is 5.92 Å². The van der Waals surface area contributed by atoms with Crippen molar-refractivity contribution in [3.8, 4) is 0 Å². The average Bonchev–Trinajstić information content (AvgIpc) is 2.68. The molecule has 0 aromatic heterocycles. The van der Waals surface area contributed by atoms with Crippen molar-refractivity contribution in [1.29, 1.82) is 0 Å². The zero-order valence-corrected chi connectivity index (χ0v) is 6.61. The quantitative estimate of drug-likeness (QED) is 0.686. The molecule has 1 amide bonds. The Labute approximate surface area is 68.1 Å². The molecule has 0 aliphatic heterocycles. The van der Waals surface area contributed by atoms with Gasteiger partial charge in [-0.25, -0.2) is 0 Å². The molecule has 0 saturated heterocycles. The third-order valence-corrected chi connectivity index (χ3v) is 1.81. The number of carbonyl (C=O) groups excluding carboxylic acids is 1. The number of alkyl halides is 3. The predicted molar refractivity (Wildman–Crippen MR) is 36.4 cm³/mol. The van der Waals surface area contributed by atoms with Crippen molar-refractivity contribution in [3.63, 3.8) is 0 Å². The molecule has 0 radical (unpaired) electrons. The maximum Gasteiger partial charge on any atom is 0.400 e. The maximum absolute atomic E-state index is 11.9. The molecular formula is C7H10F3NO. The molecule has 70 valence electrons. The van der Waals surface area contributed by atoms with E-state index >= 15 is 0 Å². The molecule has 1 saturated carbocycles. The van der Waals surface area contributed by atoms with Crippen LogP contribution in [0.3, 0.4) is 0 Å². The lowest BCUT2D eigenvalue weighted by Crippen LogP contribution is -2.38. The first-order valence-corrected chi connectivity index (χ1v) is 3.78. The average molecular weight is 181 g/mol. The minimum Gasteiger partial charge on any atom is -0.353 e. The van der Waals surface area contributed by atoms with Crippen molar-refractivity contribution < 1.29 is 18.0 Å². The highest BCUT2D eigenvalue weighted by molar-refractivity contribution is 5.79. The summed E-state index contributed by atoms with van der Waals surface area (Å²) in [5, 5.41) is 2.30. The molecule has 1 aliphatic rings. The van der Waals surface area contributed by atoms with E-state index in [4.69, 9.17) is 0 Å². The first-order valence-electron chi connectivity index (χ1n) is 3.78. The fourth-order valence-corrected chi connectivity index (χ4v) is 0.703. The van der Waals surface area contributed by atoms with Crippen molar-refractivity contribution in [1.82, 2.24) is 5.32 Å². The fraction of sp³-hybridized carbons (Fsp3) is 0.857. The van der Waals surface area contributed by atoms with E-state index in [0.29, 0.717) is 0 Å². The van der Waals surface area contributed by atoms with E-state index in [1.54, 1.807) is 0 Å². The number of hydrogen-bond donors (Lipinski definition) is 1. The second-order valence-electron chi connectivity index (χ2n) is 3.05. The van der Waals surface area contributed by atoms with Gasteiger partial charge >= 0.3 is 6.18 Å². The van der Waals surface area contributed by atoms with Crippen LogP contribution < -0.4 is 5.32 Å². The standard InChI is InChI=1S/C7H10F3NO/c1-4(7(8,9)10)6(12)11-5-2-3-5/h4-5H,2-3H2,1H3,(H,11,12). The van der Waals surface area contributed by atoms with Crippen LogP contribution in [-0.2, 0) is 4.79 Å². The summed E-state index contributed by atoms with van der Waals surface area (Å²) in [7, 11) is 0. The summed E-state index contributed by atoms with van der Waals surface area (Å²) in [4.78, 5) is 10.8. The Morgan fingerprint density at radius 3 is 2.33 bits per heavy atom. The van der Waals surface area contributed by atoms with Crippen LogP contribution in [0.2, 0.25) is 0 Å². The fourth-order valence-electron chi connectivity index (χ4n) is 0.703. The molecule has 0 bridgehead atoms. The summed E-state index contributed by atoms with van der Waals surface area (Å²) in [6.07, 6.45) is -2.81. The van der Waals surface area contributed by atoms with E-state index in [1.165, 1.54) is 0 Å². The van der Waals surface area contributed by atoms with E-state index in [-0.39, 0.29) is 6.04 Å². The largest absolute Gasteiger partial charge is 0.400 e. The molecule has 1 atom stereocenters. The Hall–Kier alpha value is -0.740. The lowest BCUT2D eigenvalue weighted by atomic mass is 10.1. The normalized spacial score (nSPS) is 20.3. The van der Waals surface area contributed by atoms with E-state index in [9.17, 15) is 18.0 Å². The van der Waals surface area contributed by atoms with E-state index in [1.807, 2.05) is 0 Å². The smallest absolute Gasteiger partial charge is 0.353 e. The van der Waals surface area contributed by atoms with Crippen molar-refractivity contribution in [3.05, 3.63) is 0 Å². The lowest BCUT2D eigenvalue weighted by molar-refractivity contribution is -0.178. The molecular weight excluding hydrogens is 171 g/mol. The zero-order chi connectivity index (χ0) is 9.35. The molecule has 1 fully saturated rings. The first kappa shape index (κ1) is 9.35. The Bertz CT molecular complexity index is 186. The topological polar surface area (TPSA) is 29.1 Å². The molecule has 5 heteroatoms. The second kappa shape index (κ2) is 2.95. The molecule has 0 aromatic carbocycles. The SMILES string of the molecule is CC(C(=O)NC1CC1)C(F)(F)F. The number of nitrogens with one attached hydrogen (secondary N) is 1. The molecule has 1 rings (SSSR count). The second-order valence-corrected chi connectivity index (χ2v) is 3.05. The minimum atomic E-state index is -4.42. The highest BCUT2D eigenvalue weighted by atomic mass is 19.4. The summed E-state index contributed by atoms with van der Waals surface area (Å²) in [5.74, 6) is -2.80. The van der Waals surface area contributed by atoms with Gasteiger partial charge in [0, 0.05) is 6.04 Å². The van der Waals surface area contributed by atoms with Crippen LogP contribution in [0.4, 0.5) is 13.2 Å². The van der Waals surface area contributed by atoms with Crippen LogP contribution >= 0.6 is 0 Å². The summed E-state index contributed by atoms with van der Waals surface area (Å²) in [5.41, 5.74) is 0. The van der Waals surface area contributed by atoms with E-state index in [2.05, 4.69) is 5.32 Å². The van der Waals surface area contributed by atoms with Gasteiger partial charge in [-0.05, 0) is 19.8 Å². The van der Waals surface area contributed by atoms with Gasteiger partial charge in [0.25, 0.3) is 0 Å². The Kier molecular flexibility index (Phi) is 2.30. The van der Waals surface area contributed by atoms with Crippen LogP contribution in [0.15, 0.2) is 0 Å². The van der Waals surface area contributed by atoms with Crippen molar-refractivity contribution >= 4 is 5.91 Å². The summed E-state index contributed by atoms with van der Waals surface area (Å²) < 4.78 is 35.7. The number of halogens is 3. The van der Waals surface area contributed by atoms with Gasteiger partial charge in [-0.2, -0.15) is 13.2 Å². The van der Waals surface area contributed by atoms with Gasteiger partial charge in [0.1, 0.15) is 5.92 Å². The summed E-state index contributed by atoms with van der Waals surface area (Å²) in [6, 6.07) is -0.0118. The molecule has 0 heterocycles. The van der Waals surface area contributed by atoms with Gasteiger partial charge < -0.3 is 5.32 Å². The van der Waals surface area contributed by atoms with E-state index < -0.39 is 18.0 Å². The predicted octanol–water partition coefficient (Wildman–Crippen LogP) is 1.46. The van der Waals surface area contributed by atoms with Gasteiger partial charge in [-0.15, -0.1) is 0 Å². The summed E-state index contributed by atoms with van der Waals surface area (Å²) >= 11 is 0. The molecule has 2 nitrogen and oxygen atoms in total. The number of carbonyl (C=O) groups is 1. The van der Waals surface area contributed by atoms with E-state index in [0.717, 1.165) is 19.8 Å². The first-order chi connectivity index (χ1) is 5.41. The zero-order valence-electron chi connectivity index (χ0n) is 6.61. The highest BCUT2D eigenvalue weighted by Gasteiger charge is 2.42. The molecule has 1 aliphatic carbocycles. The Morgan fingerprint density at radius 1 is 1.50 bits per heavy atom. The molecule has 1 unspecified atom stereocenters. The third kappa shape index (κ3) is 2.39. The third-order valence-electron chi connectivity index (χ3n) is 1.81. The number of amides is 1. The maximum atomic E-state index is 11.9. The number of hydrogen-bond acceptors (Lipinski definition) is 1. The van der Waals surface area contributed by atoms with Crippen LogP contribution in [0.25, 0.3) is 0 Å². The highest BCUT2D eigenvalue weighted by Crippen LogP contribution is 2.27. The Balaban J connectivity index is 2.39. The molecule has 0 spiro atoms. The van der Waals surface area contributed by atoms with Crippen molar-refractivity contribution in [2.45, 2.75) is 32.0 Å². The number of rotatable bonds is 2. The van der Waals surface area contributed by atoms with Crippen molar-refractivity contribution in [2.75, 3.05) is 0 Å². The van der Waals surface area contributed by atoms with Gasteiger partial charge in [-0.1, -0.05) is 0 Å². The van der Waals surface area contributed by atoms with Gasteiger partial charge in [-0.3, -0.25) is 4.79 Å². The van der Waals surface area contributed by atoms with Crippen LogP contribution in [-0.4, -0.2) is 18.1 Å². The van der Waals surface area contributed by atoms with Gasteiger partial charge in [0.2, 0.25) is 5.91 Å². The molecule has 12 heavy (non-hydrogen) atoms. The van der Waals surface area contributed by atoms with Crippen LogP contribution in [0.5, 0.6) is 0 Å². The molecule has 1 N–H and O–H groups in total. The lowest BCUT2D eigenvalue weighted by Gasteiger charge is -2.14. The minimum absolute atomic E-state index is 0.0118. The molecule has 0 aromatic rings. The van der Waals surface area contributed by atoms with Crippen molar-refractivity contribution in [2.24, 2.45) is 5.92 Å². The van der Waals surface area contributed by atoms with Gasteiger partial charge in [0.05, 0.1) is 0 Å². The summed E-state index contributed by atoms with van der Waals surface area (Å²) in [6.45, 7) is 0.873. The van der Waals surface area contributed by atoms with Gasteiger partial charge in [0.15, 0.2) is 0 Å². The Morgan fingerprint density at radius 2 is 2.00 bits per heavy atom. The van der Waals surface area contributed by atoms with Crippen LogP contribution in [0.1, 0.15) is 19.8 Å². The monoisotopic (exact) mass is 181 g/mol.